The lowest BCUT2D eigenvalue weighted by atomic mass is 10.1. The summed E-state index contributed by atoms with van der Waals surface area (Å²) in [4.78, 5) is 27.5. The molecule has 0 bridgehead atoms. The molecule has 0 fully saturated rings. The van der Waals surface area contributed by atoms with E-state index in [0.29, 0.717) is 36.0 Å². The van der Waals surface area contributed by atoms with Gasteiger partial charge in [0, 0.05) is 43.6 Å². The molecule has 3 rings (SSSR count). The average Bonchev–Trinajstić information content (AvgIpc) is 3.15. The molecule has 2 amide bonds. The van der Waals surface area contributed by atoms with E-state index in [0.717, 1.165) is 11.3 Å². The number of hydrogen-bond acceptors (Lipinski definition) is 6. The summed E-state index contributed by atoms with van der Waals surface area (Å²) in [5.41, 5.74) is 2.39. The van der Waals surface area contributed by atoms with Crippen molar-refractivity contribution >= 4 is 23.2 Å². The summed E-state index contributed by atoms with van der Waals surface area (Å²) in [6.45, 7) is 1.46. The second-order valence-electron chi connectivity index (χ2n) is 6.44. The van der Waals surface area contributed by atoms with Crippen molar-refractivity contribution in [2.24, 2.45) is 0 Å². The van der Waals surface area contributed by atoms with E-state index in [1.807, 2.05) is 30.3 Å². The molecule has 3 aromatic rings. The van der Waals surface area contributed by atoms with Crippen LogP contribution in [0.2, 0.25) is 0 Å². The van der Waals surface area contributed by atoms with E-state index >= 15 is 0 Å². The molecule has 0 saturated heterocycles. The van der Waals surface area contributed by atoms with Crippen LogP contribution in [0, 0.1) is 0 Å². The predicted octanol–water partition coefficient (Wildman–Crippen LogP) is 3.20. The van der Waals surface area contributed by atoms with Crippen LogP contribution in [-0.4, -0.2) is 29.1 Å². The van der Waals surface area contributed by atoms with Crippen molar-refractivity contribution < 1.29 is 18.8 Å². The largest absolute Gasteiger partial charge is 0.497 e. The van der Waals surface area contributed by atoms with E-state index in [-0.39, 0.29) is 18.2 Å². The van der Waals surface area contributed by atoms with E-state index in [1.54, 1.807) is 25.3 Å². The van der Waals surface area contributed by atoms with Crippen molar-refractivity contribution in [3.05, 3.63) is 65.8 Å². The molecule has 2 aromatic carbocycles. The number of aryl methyl sites for hydroxylation is 1. The molecule has 150 valence electrons. The number of carbonyl (C=O) groups is 2. The molecule has 0 radical (unpaired) electrons. The second kappa shape index (κ2) is 9.50. The van der Waals surface area contributed by atoms with Crippen molar-refractivity contribution in [1.82, 2.24) is 10.1 Å². The maximum absolute atomic E-state index is 12.1. The number of carbonyl (C=O) groups excluding carboxylic acids is 2. The van der Waals surface area contributed by atoms with Crippen LogP contribution in [0.1, 0.15) is 30.6 Å². The van der Waals surface area contributed by atoms with Crippen molar-refractivity contribution in [3.8, 4) is 5.75 Å². The summed E-state index contributed by atoms with van der Waals surface area (Å²) < 4.78 is 10.4. The van der Waals surface area contributed by atoms with Gasteiger partial charge in [0.1, 0.15) is 5.75 Å². The van der Waals surface area contributed by atoms with Crippen LogP contribution in [-0.2, 0) is 22.4 Å². The zero-order valence-electron chi connectivity index (χ0n) is 16.3. The van der Waals surface area contributed by atoms with Crippen molar-refractivity contribution in [2.45, 2.75) is 26.2 Å². The zero-order chi connectivity index (χ0) is 20.6. The Morgan fingerprint density at radius 2 is 1.86 bits per heavy atom. The summed E-state index contributed by atoms with van der Waals surface area (Å²) in [6.07, 6.45) is 1.08. The molecule has 8 nitrogen and oxygen atoms in total. The summed E-state index contributed by atoms with van der Waals surface area (Å²) >= 11 is 0. The Hall–Kier alpha value is -3.68. The smallest absolute Gasteiger partial charge is 0.227 e. The number of methoxy groups -OCH3 is 1. The Kier molecular flexibility index (Phi) is 6.57. The van der Waals surface area contributed by atoms with Crippen LogP contribution in [0.3, 0.4) is 0 Å². The van der Waals surface area contributed by atoms with Crippen molar-refractivity contribution in [2.75, 3.05) is 17.7 Å². The molecule has 0 saturated carbocycles. The van der Waals surface area contributed by atoms with Gasteiger partial charge >= 0.3 is 0 Å². The number of anilines is 2. The Morgan fingerprint density at radius 3 is 2.59 bits per heavy atom. The van der Waals surface area contributed by atoms with Gasteiger partial charge in [0.2, 0.25) is 17.7 Å². The molecule has 0 spiro atoms. The van der Waals surface area contributed by atoms with Gasteiger partial charge in [0.15, 0.2) is 5.82 Å². The lowest BCUT2D eigenvalue weighted by Crippen LogP contribution is -2.12. The fourth-order valence-corrected chi connectivity index (χ4v) is 2.70. The molecule has 8 heteroatoms. The molecule has 1 aromatic heterocycles. The molecule has 0 atom stereocenters. The van der Waals surface area contributed by atoms with Crippen molar-refractivity contribution in [1.29, 1.82) is 0 Å². The van der Waals surface area contributed by atoms with E-state index in [2.05, 4.69) is 20.8 Å². The SMILES string of the molecule is COc1cccc(NC(=O)CCc2nc(Cc3ccc(NC(C)=O)cc3)no2)c1. The maximum atomic E-state index is 12.1. The van der Waals surface area contributed by atoms with Gasteiger partial charge in [-0.05, 0) is 29.8 Å². The minimum Gasteiger partial charge on any atom is -0.497 e. The molecule has 29 heavy (non-hydrogen) atoms. The number of nitrogens with zero attached hydrogens (tertiary/aromatic N) is 2. The highest BCUT2D eigenvalue weighted by Gasteiger charge is 2.10. The van der Waals surface area contributed by atoms with E-state index in [1.165, 1.54) is 6.92 Å². The third-order valence-corrected chi connectivity index (χ3v) is 4.07. The monoisotopic (exact) mass is 394 g/mol. The standard InChI is InChI=1S/C21H22N4O4/c1-14(26)22-16-8-6-15(7-9-16)12-19-24-21(29-25-19)11-10-20(27)23-17-4-3-5-18(13-17)28-2/h3-9,13H,10-12H2,1-2H3,(H,22,26)(H,23,27). The molecule has 0 aliphatic carbocycles. The Balaban J connectivity index is 1.49. The first-order chi connectivity index (χ1) is 14.0. The van der Waals surface area contributed by atoms with Crippen LogP contribution in [0.5, 0.6) is 5.75 Å². The number of rotatable bonds is 8. The van der Waals surface area contributed by atoms with Crippen LogP contribution in [0.15, 0.2) is 53.1 Å². The highest BCUT2D eigenvalue weighted by molar-refractivity contribution is 5.91. The quantitative estimate of drug-likeness (QED) is 0.608. The number of ether oxygens (including phenoxy) is 1. The van der Waals surface area contributed by atoms with Gasteiger partial charge in [-0.1, -0.05) is 23.4 Å². The number of amides is 2. The summed E-state index contributed by atoms with van der Waals surface area (Å²) in [6, 6.07) is 14.6. The fourth-order valence-electron chi connectivity index (χ4n) is 2.70. The summed E-state index contributed by atoms with van der Waals surface area (Å²) in [7, 11) is 1.57. The second-order valence-corrected chi connectivity index (χ2v) is 6.44. The molecule has 2 N–H and O–H groups in total. The molecule has 0 aliphatic heterocycles. The maximum Gasteiger partial charge on any atom is 0.227 e. The van der Waals surface area contributed by atoms with Gasteiger partial charge in [0.25, 0.3) is 0 Å². The number of nitrogens with one attached hydrogen (secondary N) is 2. The summed E-state index contributed by atoms with van der Waals surface area (Å²) in [5.74, 6) is 1.37. The van der Waals surface area contributed by atoms with Crippen molar-refractivity contribution in [3.63, 3.8) is 0 Å². The van der Waals surface area contributed by atoms with Gasteiger partial charge in [-0.2, -0.15) is 4.98 Å². The minimum absolute atomic E-state index is 0.115. The van der Waals surface area contributed by atoms with Gasteiger partial charge in [-0.25, -0.2) is 0 Å². The van der Waals surface area contributed by atoms with Crippen LogP contribution in [0.25, 0.3) is 0 Å². The molecule has 1 heterocycles. The Labute approximate surface area is 168 Å². The average molecular weight is 394 g/mol. The highest BCUT2D eigenvalue weighted by atomic mass is 16.5. The molecular weight excluding hydrogens is 372 g/mol. The molecule has 0 unspecified atom stereocenters. The lowest BCUT2D eigenvalue weighted by molar-refractivity contribution is -0.116. The van der Waals surface area contributed by atoms with Gasteiger partial charge in [-0.3, -0.25) is 9.59 Å². The van der Waals surface area contributed by atoms with Crippen LogP contribution < -0.4 is 15.4 Å². The molecule has 0 aliphatic rings. The van der Waals surface area contributed by atoms with Crippen LogP contribution in [0.4, 0.5) is 11.4 Å². The Bertz CT molecular complexity index is 982. The zero-order valence-corrected chi connectivity index (χ0v) is 16.3. The first kappa shape index (κ1) is 20.1. The normalized spacial score (nSPS) is 10.4. The van der Waals surface area contributed by atoms with E-state index in [4.69, 9.17) is 9.26 Å². The first-order valence-electron chi connectivity index (χ1n) is 9.14. The number of hydrogen-bond donors (Lipinski definition) is 2. The van der Waals surface area contributed by atoms with Gasteiger partial charge in [-0.15, -0.1) is 0 Å². The third kappa shape index (κ3) is 6.17. The topological polar surface area (TPSA) is 106 Å². The van der Waals surface area contributed by atoms with Gasteiger partial charge in [0.05, 0.1) is 7.11 Å². The first-order valence-corrected chi connectivity index (χ1v) is 9.14. The van der Waals surface area contributed by atoms with E-state index in [9.17, 15) is 9.59 Å². The fraction of sp³-hybridized carbons (Fsp3) is 0.238. The Morgan fingerprint density at radius 1 is 1.07 bits per heavy atom. The van der Waals surface area contributed by atoms with E-state index < -0.39 is 0 Å². The minimum atomic E-state index is -0.147. The lowest BCUT2D eigenvalue weighted by Gasteiger charge is -2.06. The number of benzene rings is 2. The van der Waals surface area contributed by atoms with Gasteiger partial charge < -0.3 is 19.9 Å². The number of aromatic nitrogens is 2. The summed E-state index contributed by atoms with van der Waals surface area (Å²) in [5, 5.41) is 9.49. The predicted molar refractivity (Wildman–Crippen MR) is 108 cm³/mol. The highest BCUT2D eigenvalue weighted by Crippen LogP contribution is 2.17. The molecular formula is C21H22N4O4. The van der Waals surface area contributed by atoms with Crippen LogP contribution >= 0.6 is 0 Å². The third-order valence-electron chi connectivity index (χ3n) is 4.07.